The number of benzene rings is 1. The molecule has 0 aromatic heterocycles. The Labute approximate surface area is 94.0 Å². The summed E-state index contributed by atoms with van der Waals surface area (Å²) in [6, 6.07) is 5.16. The lowest BCUT2D eigenvalue weighted by molar-refractivity contribution is 0.1000. The number of primary amides is 1. The van der Waals surface area contributed by atoms with Crippen LogP contribution >= 0.6 is 0 Å². The maximum absolute atomic E-state index is 13.7. The second-order valence-electron chi connectivity index (χ2n) is 4.37. The van der Waals surface area contributed by atoms with Crippen LogP contribution in [0.5, 0.6) is 0 Å². The Morgan fingerprint density at radius 1 is 1.56 bits per heavy atom. The summed E-state index contributed by atoms with van der Waals surface area (Å²) in [5.74, 6) is -0.513. The lowest BCUT2D eigenvalue weighted by atomic mass is 9.92. The first kappa shape index (κ1) is 10.9. The van der Waals surface area contributed by atoms with E-state index in [-0.39, 0.29) is 5.92 Å². The fourth-order valence-corrected chi connectivity index (χ4v) is 2.21. The topological polar surface area (TPSA) is 46.3 Å². The number of carbonyl (C=O) groups is 1. The molecule has 1 aliphatic rings. The molecule has 1 amide bonds. The molecule has 0 aliphatic carbocycles. The average Bonchev–Trinajstić information content (AvgIpc) is 2.25. The van der Waals surface area contributed by atoms with Gasteiger partial charge in [-0.2, -0.15) is 0 Å². The SMILES string of the molecule is CC1Cc2cc(C(N)=O)ccc2N(C)[C@H]1F. The molecule has 16 heavy (non-hydrogen) atoms. The van der Waals surface area contributed by atoms with E-state index in [1.165, 1.54) is 0 Å². The lowest BCUT2D eigenvalue weighted by Crippen LogP contribution is -2.38. The number of carbonyl (C=O) groups excluding carboxylic acids is 1. The number of nitrogens with zero attached hydrogens (tertiary/aromatic N) is 1. The van der Waals surface area contributed by atoms with Gasteiger partial charge in [0.25, 0.3) is 0 Å². The highest BCUT2D eigenvalue weighted by Gasteiger charge is 2.29. The quantitative estimate of drug-likeness (QED) is 0.735. The van der Waals surface area contributed by atoms with E-state index in [2.05, 4.69) is 0 Å². The molecule has 1 aromatic rings. The van der Waals surface area contributed by atoms with E-state index >= 15 is 0 Å². The van der Waals surface area contributed by atoms with Gasteiger partial charge in [0.1, 0.15) is 0 Å². The highest BCUT2D eigenvalue weighted by molar-refractivity contribution is 5.93. The third-order valence-electron chi connectivity index (χ3n) is 3.13. The number of anilines is 1. The Bertz CT molecular complexity index is 433. The number of amides is 1. The molecule has 0 saturated carbocycles. The summed E-state index contributed by atoms with van der Waals surface area (Å²) in [5, 5.41) is 0. The third kappa shape index (κ3) is 1.64. The van der Waals surface area contributed by atoms with Gasteiger partial charge in [0.2, 0.25) is 5.91 Å². The standard InChI is InChI=1S/C12H15FN2O/c1-7-5-9-6-8(12(14)16)3-4-10(9)15(2)11(7)13/h3-4,6-7,11H,5H2,1-2H3,(H2,14,16)/t7?,11-/m1/s1. The molecule has 2 N–H and O–H groups in total. The van der Waals surface area contributed by atoms with Crippen molar-refractivity contribution in [2.24, 2.45) is 11.7 Å². The lowest BCUT2D eigenvalue weighted by Gasteiger charge is -2.35. The summed E-state index contributed by atoms with van der Waals surface area (Å²) >= 11 is 0. The van der Waals surface area contributed by atoms with Gasteiger partial charge in [-0.15, -0.1) is 0 Å². The maximum Gasteiger partial charge on any atom is 0.248 e. The number of hydrogen-bond acceptors (Lipinski definition) is 2. The number of halogens is 1. The molecule has 1 heterocycles. The first-order chi connectivity index (χ1) is 7.50. The Kier molecular flexibility index (Phi) is 2.58. The van der Waals surface area contributed by atoms with E-state index < -0.39 is 12.2 Å². The van der Waals surface area contributed by atoms with Crippen molar-refractivity contribution in [1.82, 2.24) is 0 Å². The van der Waals surface area contributed by atoms with E-state index in [4.69, 9.17) is 5.73 Å². The summed E-state index contributed by atoms with van der Waals surface area (Å²) in [6.07, 6.45) is -0.325. The van der Waals surface area contributed by atoms with Crippen LogP contribution in [0.25, 0.3) is 0 Å². The molecule has 1 aromatic carbocycles. The van der Waals surface area contributed by atoms with Crippen LogP contribution in [0.3, 0.4) is 0 Å². The van der Waals surface area contributed by atoms with Gasteiger partial charge in [-0.25, -0.2) is 4.39 Å². The fourth-order valence-electron chi connectivity index (χ4n) is 2.21. The molecule has 0 saturated heterocycles. The highest BCUT2D eigenvalue weighted by atomic mass is 19.1. The zero-order valence-electron chi connectivity index (χ0n) is 9.40. The van der Waals surface area contributed by atoms with Gasteiger partial charge in [0, 0.05) is 24.2 Å². The van der Waals surface area contributed by atoms with Crippen LogP contribution in [0, 0.1) is 5.92 Å². The van der Waals surface area contributed by atoms with Crippen LogP contribution in [-0.4, -0.2) is 19.3 Å². The van der Waals surface area contributed by atoms with Crippen LogP contribution < -0.4 is 10.6 Å². The van der Waals surface area contributed by atoms with Crippen molar-refractivity contribution < 1.29 is 9.18 Å². The number of fused-ring (bicyclic) bond motifs is 1. The first-order valence-corrected chi connectivity index (χ1v) is 5.30. The summed E-state index contributed by atoms with van der Waals surface area (Å²) in [4.78, 5) is 12.7. The van der Waals surface area contributed by atoms with E-state index in [1.807, 2.05) is 6.92 Å². The molecule has 4 heteroatoms. The maximum atomic E-state index is 13.7. The van der Waals surface area contributed by atoms with Crippen LogP contribution in [0.15, 0.2) is 18.2 Å². The smallest absolute Gasteiger partial charge is 0.248 e. The van der Waals surface area contributed by atoms with Crippen molar-refractivity contribution in [1.29, 1.82) is 0 Å². The highest BCUT2D eigenvalue weighted by Crippen LogP contribution is 2.33. The molecule has 1 unspecified atom stereocenters. The van der Waals surface area contributed by atoms with Crippen molar-refractivity contribution in [3.63, 3.8) is 0 Å². The van der Waals surface area contributed by atoms with Gasteiger partial charge in [-0.1, -0.05) is 6.92 Å². The zero-order chi connectivity index (χ0) is 11.9. The number of hydrogen-bond donors (Lipinski definition) is 1. The Morgan fingerprint density at radius 2 is 2.25 bits per heavy atom. The van der Waals surface area contributed by atoms with Crippen LogP contribution in [0.2, 0.25) is 0 Å². The predicted molar refractivity (Wildman–Crippen MR) is 61.1 cm³/mol. The molecule has 0 bridgehead atoms. The van der Waals surface area contributed by atoms with Crippen molar-refractivity contribution in [3.8, 4) is 0 Å². The fraction of sp³-hybridized carbons (Fsp3) is 0.417. The summed E-state index contributed by atoms with van der Waals surface area (Å²) in [5.41, 5.74) is 7.53. The predicted octanol–water partition coefficient (Wildman–Crippen LogP) is 1.71. The Balaban J connectivity index is 2.45. The van der Waals surface area contributed by atoms with E-state index in [9.17, 15) is 9.18 Å². The molecular weight excluding hydrogens is 207 g/mol. The van der Waals surface area contributed by atoms with Crippen LogP contribution in [-0.2, 0) is 6.42 Å². The third-order valence-corrected chi connectivity index (χ3v) is 3.13. The van der Waals surface area contributed by atoms with Crippen molar-refractivity contribution in [2.75, 3.05) is 11.9 Å². The normalized spacial score (nSPS) is 24.1. The molecular formula is C12H15FN2O. The number of nitrogens with two attached hydrogens (primary N) is 1. The number of rotatable bonds is 1. The molecule has 0 radical (unpaired) electrons. The molecule has 0 spiro atoms. The summed E-state index contributed by atoms with van der Waals surface area (Å²) in [7, 11) is 1.73. The molecule has 1 aliphatic heterocycles. The Hall–Kier alpha value is -1.58. The van der Waals surface area contributed by atoms with Crippen LogP contribution in [0.4, 0.5) is 10.1 Å². The van der Waals surface area contributed by atoms with Gasteiger partial charge < -0.3 is 10.6 Å². The molecule has 86 valence electrons. The molecule has 3 nitrogen and oxygen atoms in total. The van der Waals surface area contributed by atoms with Crippen molar-refractivity contribution >= 4 is 11.6 Å². The van der Waals surface area contributed by atoms with Gasteiger partial charge in [0.15, 0.2) is 6.30 Å². The van der Waals surface area contributed by atoms with E-state index in [0.29, 0.717) is 12.0 Å². The molecule has 2 rings (SSSR count). The largest absolute Gasteiger partial charge is 0.366 e. The summed E-state index contributed by atoms with van der Waals surface area (Å²) < 4.78 is 13.7. The van der Waals surface area contributed by atoms with Gasteiger partial charge in [0.05, 0.1) is 0 Å². The van der Waals surface area contributed by atoms with Crippen molar-refractivity contribution in [2.45, 2.75) is 19.6 Å². The zero-order valence-corrected chi connectivity index (χ0v) is 9.40. The second-order valence-corrected chi connectivity index (χ2v) is 4.37. The minimum absolute atomic E-state index is 0.0689. The van der Waals surface area contributed by atoms with Gasteiger partial charge in [-0.3, -0.25) is 4.79 Å². The average molecular weight is 222 g/mol. The Morgan fingerprint density at radius 3 is 2.88 bits per heavy atom. The first-order valence-electron chi connectivity index (χ1n) is 5.30. The van der Waals surface area contributed by atoms with E-state index in [0.717, 1.165) is 11.3 Å². The minimum Gasteiger partial charge on any atom is -0.366 e. The monoisotopic (exact) mass is 222 g/mol. The molecule has 0 fully saturated rings. The summed E-state index contributed by atoms with van der Waals surface area (Å²) in [6.45, 7) is 1.86. The van der Waals surface area contributed by atoms with Gasteiger partial charge in [-0.05, 0) is 30.2 Å². The van der Waals surface area contributed by atoms with E-state index in [1.54, 1.807) is 30.1 Å². The number of alkyl halides is 1. The van der Waals surface area contributed by atoms with Crippen LogP contribution in [0.1, 0.15) is 22.8 Å². The molecule has 2 atom stereocenters. The van der Waals surface area contributed by atoms with Crippen molar-refractivity contribution in [3.05, 3.63) is 29.3 Å². The second kappa shape index (κ2) is 3.77. The minimum atomic E-state index is -0.966. The van der Waals surface area contributed by atoms with Gasteiger partial charge >= 0.3 is 0 Å².